The first kappa shape index (κ1) is 26.7. The Morgan fingerprint density at radius 3 is 1.50 bits per heavy atom. The van der Waals surface area contributed by atoms with Crippen LogP contribution >= 0.6 is 0 Å². The molecule has 0 fully saturated rings. The Morgan fingerprint density at radius 2 is 1.07 bits per heavy atom. The standard InChI is InChI=1S/C19H36O9/c1-5-27-17(20)6-7-22-8-9-23-10-11-24-12-13-25-14-15-26-16-18(21)28-19(2,3)4/h5-16H2,1-4H3. The van der Waals surface area contributed by atoms with E-state index in [0.717, 1.165) is 0 Å². The van der Waals surface area contributed by atoms with Gasteiger partial charge in [0, 0.05) is 0 Å². The molecule has 0 rings (SSSR count). The number of hydrogen-bond acceptors (Lipinski definition) is 9. The highest BCUT2D eigenvalue weighted by molar-refractivity contribution is 5.71. The van der Waals surface area contributed by atoms with Crippen LogP contribution in [-0.4, -0.2) is 90.2 Å². The lowest BCUT2D eigenvalue weighted by Crippen LogP contribution is -2.27. The summed E-state index contributed by atoms with van der Waals surface area (Å²) >= 11 is 0. The van der Waals surface area contributed by atoms with E-state index in [2.05, 4.69) is 0 Å². The van der Waals surface area contributed by atoms with Crippen LogP contribution in [0.25, 0.3) is 0 Å². The minimum absolute atomic E-state index is 0.0823. The summed E-state index contributed by atoms with van der Waals surface area (Å²) in [5, 5.41) is 0. The van der Waals surface area contributed by atoms with Crippen LogP contribution in [0.2, 0.25) is 0 Å². The molecule has 0 aliphatic rings. The van der Waals surface area contributed by atoms with Gasteiger partial charge in [-0.2, -0.15) is 0 Å². The Kier molecular flexibility index (Phi) is 17.0. The van der Waals surface area contributed by atoms with Crippen molar-refractivity contribution in [1.29, 1.82) is 0 Å². The summed E-state index contributed by atoms with van der Waals surface area (Å²) in [6, 6.07) is 0. The monoisotopic (exact) mass is 408 g/mol. The highest BCUT2D eigenvalue weighted by Gasteiger charge is 2.15. The zero-order valence-corrected chi connectivity index (χ0v) is 17.7. The van der Waals surface area contributed by atoms with E-state index in [4.69, 9.17) is 33.2 Å². The average molecular weight is 408 g/mol. The predicted molar refractivity (Wildman–Crippen MR) is 101 cm³/mol. The predicted octanol–water partition coefficient (Wildman–Crippen LogP) is 1.36. The molecular formula is C19H36O9. The first-order chi connectivity index (χ1) is 13.3. The maximum Gasteiger partial charge on any atom is 0.332 e. The third-order valence-electron chi connectivity index (χ3n) is 2.88. The van der Waals surface area contributed by atoms with Crippen LogP contribution in [0.15, 0.2) is 0 Å². The molecule has 0 saturated carbocycles. The third-order valence-corrected chi connectivity index (χ3v) is 2.88. The highest BCUT2D eigenvalue weighted by Crippen LogP contribution is 2.06. The first-order valence-electron chi connectivity index (χ1n) is 9.61. The fourth-order valence-electron chi connectivity index (χ4n) is 1.79. The van der Waals surface area contributed by atoms with Crippen molar-refractivity contribution in [2.45, 2.75) is 39.7 Å². The van der Waals surface area contributed by atoms with Gasteiger partial charge in [0.25, 0.3) is 0 Å². The van der Waals surface area contributed by atoms with Crippen molar-refractivity contribution in [2.75, 3.05) is 72.7 Å². The Morgan fingerprint density at radius 1 is 0.643 bits per heavy atom. The average Bonchev–Trinajstić information content (AvgIpc) is 2.60. The number of carbonyl (C=O) groups excluding carboxylic acids is 2. The maximum absolute atomic E-state index is 11.4. The molecular weight excluding hydrogens is 372 g/mol. The lowest BCUT2D eigenvalue weighted by atomic mass is 10.2. The Balaban J connectivity index is 3.18. The Hall–Kier alpha value is -1.26. The summed E-state index contributed by atoms with van der Waals surface area (Å²) in [6.45, 7) is 11.2. The van der Waals surface area contributed by atoms with Crippen molar-refractivity contribution >= 4 is 11.9 Å². The van der Waals surface area contributed by atoms with Gasteiger partial charge in [-0.05, 0) is 27.7 Å². The topological polar surface area (TPSA) is 98.8 Å². The number of rotatable bonds is 18. The molecule has 166 valence electrons. The molecule has 0 bridgehead atoms. The molecule has 0 N–H and O–H groups in total. The van der Waals surface area contributed by atoms with Crippen LogP contribution in [0.3, 0.4) is 0 Å². The second kappa shape index (κ2) is 17.8. The summed E-state index contributed by atoms with van der Waals surface area (Å²) in [4.78, 5) is 22.5. The largest absolute Gasteiger partial charge is 0.466 e. The van der Waals surface area contributed by atoms with Crippen molar-refractivity contribution in [3.8, 4) is 0 Å². The van der Waals surface area contributed by atoms with Crippen LogP contribution in [-0.2, 0) is 42.7 Å². The van der Waals surface area contributed by atoms with Crippen LogP contribution in [0.4, 0.5) is 0 Å². The van der Waals surface area contributed by atoms with Gasteiger partial charge in [0.1, 0.15) is 12.2 Å². The maximum atomic E-state index is 11.4. The van der Waals surface area contributed by atoms with Crippen LogP contribution in [0, 0.1) is 0 Å². The molecule has 9 nitrogen and oxygen atoms in total. The molecule has 0 saturated heterocycles. The zero-order valence-electron chi connectivity index (χ0n) is 17.7. The smallest absolute Gasteiger partial charge is 0.332 e. The van der Waals surface area contributed by atoms with Crippen LogP contribution in [0.1, 0.15) is 34.1 Å². The molecule has 0 aromatic carbocycles. The molecule has 28 heavy (non-hydrogen) atoms. The van der Waals surface area contributed by atoms with Crippen molar-refractivity contribution in [3.05, 3.63) is 0 Å². The van der Waals surface area contributed by atoms with Crippen molar-refractivity contribution in [3.63, 3.8) is 0 Å². The normalized spacial score (nSPS) is 11.4. The van der Waals surface area contributed by atoms with Crippen LogP contribution < -0.4 is 0 Å². The molecule has 0 radical (unpaired) electrons. The van der Waals surface area contributed by atoms with Crippen LogP contribution in [0.5, 0.6) is 0 Å². The Bertz CT molecular complexity index is 393. The minimum atomic E-state index is -0.505. The van der Waals surface area contributed by atoms with Crippen molar-refractivity contribution < 1.29 is 42.7 Å². The van der Waals surface area contributed by atoms with Gasteiger partial charge in [0.05, 0.1) is 72.5 Å². The fraction of sp³-hybridized carbons (Fsp3) is 0.895. The van der Waals surface area contributed by atoms with Gasteiger partial charge in [-0.3, -0.25) is 4.79 Å². The van der Waals surface area contributed by atoms with Crippen molar-refractivity contribution in [1.82, 2.24) is 0 Å². The molecule has 0 heterocycles. The second-order valence-corrected chi connectivity index (χ2v) is 6.64. The van der Waals surface area contributed by atoms with Gasteiger partial charge < -0.3 is 33.2 Å². The van der Waals surface area contributed by atoms with Crippen molar-refractivity contribution in [2.24, 2.45) is 0 Å². The molecule has 0 aromatic heterocycles. The summed E-state index contributed by atoms with van der Waals surface area (Å²) < 4.78 is 36.3. The summed E-state index contributed by atoms with van der Waals surface area (Å²) in [5.74, 6) is -0.645. The quantitative estimate of drug-likeness (QED) is 0.246. The first-order valence-corrected chi connectivity index (χ1v) is 9.61. The fourth-order valence-corrected chi connectivity index (χ4v) is 1.79. The molecule has 0 unspecified atom stereocenters. The van der Waals surface area contributed by atoms with E-state index in [1.165, 1.54) is 0 Å². The van der Waals surface area contributed by atoms with Gasteiger partial charge in [-0.15, -0.1) is 0 Å². The molecule has 0 amide bonds. The third kappa shape index (κ3) is 21.0. The van der Waals surface area contributed by atoms with E-state index < -0.39 is 5.60 Å². The van der Waals surface area contributed by atoms with E-state index in [0.29, 0.717) is 66.1 Å². The van der Waals surface area contributed by atoms with E-state index in [-0.39, 0.29) is 25.0 Å². The van der Waals surface area contributed by atoms with E-state index in [9.17, 15) is 9.59 Å². The second-order valence-electron chi connectivity index (χ2n) is 6.64. The van der Waals surface area contributed by atoms with Gasteiger partial charge in [-0.25, -0.2) is 4.79 Å². The SMILES string of the molecule is CCOC(=O)CCOCCOCCOCCOCCOCC(=O)OC(C)(C)C. The molecule has 0 aliphatic carbocycles. The molecule has 9 heteroatoms. The molecule has 0 aromatic rings. The van der Waals surface area contributed by atoms with Gasteiger partial charge in [-0.1, -0.05) is 0 Å². The number of carbonyl (C=O) groups is 2. The number of esters is 2. The Labute approximate surface area is 167 Å². The minimum Gasteiger partial charge on any atom is -0.466 e. The molecule has 0 atom stereocenters. The summed E-state index contributed by atoms with van der Waals surface area (Å²) in [5.41, 5.74) is -0.505. The molecule has 0 aliphatic heterocycles. The zero-order chi connectivity index (χ0) is 21.1. The van der Waals surface area contributed by atoms with Gasteiger partial charge >= 0.3 is 11.9 Å². The number of hydrogen-bond donors (Lipinski definition) is 0. The van der Waals surface area contributed by atoms with E-state index in [1.54, 1.807) is 6.92 Å². The summed E-state index contributed by atoms with van der Waals surface area (Å²) in [6.07, 6.45) is 0.253. The van der Waals surface area contributed by atoms with Gasteiger partial charge in [0.2, 0.25) is 0 Å². The van der Waals surface area contributed by atoms with Gasteiger partial charge in [0.15, 0.2) is 0 Å². The number of ether oxygens (including phenoxy) is 7. The summed E-state index contributed by atoms with van der Waals surface area (Å²) in [7, 11) is 0. The highest BCUT2D eigenvalue weighted by atomic mass is 16.6. The molecule has 0 spiro atoms. The van der Waals surface area contributed by atoms with E-state index in [1.807, 2.05) is 20.8 Å². The lowest BCUT2D eigenvalue weighted by Gasteiger charge is -2.19. The van der Waals surface area contributed by atoms with E-state index >= 15 is 0 Å². The lowest BCUT2D eigenvalue weighted by molar-refractivity contribution is -0.160.